The van der Waals surface area contributed by atoms with Crippen LogP contribution in [0, 0.1) is 0 Å². The van der Waals surface area contributed by atoms with Gasteiger partial charge in [-0.2, -0.15) is 0 Å². The second-order valence-corrected chi connectivity index (χ2v) is 5.01. The Morgan fingerprint density at radius 2 is 1.90 bits per heavy atom. The van der Waals surface area contributed by atoms with Crippen molar-refractivity contribution in [3.05, 3.63) is 72.8 Å². The summed E-state index contributed by atoms with van der Waals surface area (Å²) in [6, 6.07) is 16.3. The van der Waals surface area contributed by atoms with E-state index in [1.165, 1.54) is 5.39 Å². The number of nitrogens with one attached hydrogen (secondary N) is 1. The molecule has 0 aliphatic carbocycles. The van der Waals surface area contributed by atoms with Gasteiger partial charge >= 0.3 is 0 Å². The highest BCUT2D eigenvalue weighted by Gasteiger charge is 2.06. The van der Waals surface area contributed by atoms with Crippen molar-refractivity contribution in [1.29, 1.82) is 0 Å². The van der Waals surface area contributed by atoms with E-state index in [4.69, 9.17) is 4.42 Å². The van der Waals surface area contributed by atoms with Gasteiger partial charge in [-0.1, -0.05) is 30.3 Å². The van der Waals surface area contributed by atoms with Crippen LogP contribution >= 0.6 is 0 Å². The smallest absolute Gasteiger partial charge is 0.134 e. The summed E-state index contributed by atoms with van der Waals surface area (Å²) < 4.78 is 5.57. The molecular formula is C18H14N2O. The van der Waals surface area contributed by atoms with Crippen molar-refractivity contribution < 1.29 is 4.42 Å². The lowest BCUT2D eigenvalue weighted by Gasteiger charge is -2.08. The van der Waals surface area contributed by atoms with Crippen LogP contribution in [-0.4, -0.2) is 4.98 Å². The first-order valence-electron chi connectivity index (χ1n) is 6.93. The molecule has 21 heavy (non-hydrogen) atoms. The number of hydrogen-bond acceptors (Lipinski definition) is 3. The first-order valence-corrected chi connectivity index (χ1v) is 6.93. The Kier molecular flexibility index (Phi) is 2.82. The minimum absolute atomic E-state index is 0.727. The lowest BCUT2D eigenvalue weighted by molar-refractivity contribution is 0.611. The zero-order valence-electron chi connectivity index (χ0n) is 11.4. The number of rotatable bonds is 3. The van der Waals surface area contributed by atoms with Gasteiger partial charge in [0, 0.05) is 41.0 Å². The summed E-state index contributed by atoms with van der Waals surface area (Å²) in [5.74, 6) is 0. The predicted molar refractivity (Wildman–Crippen MR) is 85.3 cm³/mol. The van der Waals surface area contributed by atoms with Crippen LogP contribution in [0.2, 0.25) is 0 Å². The minimum Gasteiger partial charge on any atom is -0.464 e. The molecular weight excluding hydrogens is 260 g/mol. The fraction of sp³-hybridized carbons (Fsp3) is 0.0556. The molecule has 4 aromatic rings. The van der Waals surface area contributed by atoms with E-state index < -0.39 is 0 Å². The number of aromatic nitrogens is 1. The summed E-state index contributed by atoms with van der Waals surface area (Å²) in [6.45, 7) is 0.727. The van der Waals surface area contributed by atoms with E-state index in [0.29, 0.717) is 0 Å². The van der Waals surface area contributed by atoms with E-state index in [1.807, 2.05) is 42.9 Å². The van der Waals surface area contributed by atoms with E-state index in [1.54, 1.807) is 0 Å². The topological polar surface area (TPSA) is 38.1 Å². The lowest BCUT2D eigenvalue weighted by Crippen LogP contribution is -1.99. The van der Waals surface area contributed by atoms with Gasteiger partial charge < -0.3 is 9.73 Å². The highest BCUT2D eigenvalue weighted by Crippen LogP contribution is 2.25. The van der Waals surface area contributed by atoms with Crippen molar-refractivity contribution in [2.75, 3.05) is 5.32 Å². The number of hydrogen-bond donors (Lipinski definition) is 1. The van der Waals surface area contributed by atoms with Crippen LogP contribution in [-0.2, 0) is 6.54 Å². The van der Waals surface area contributed by atoms with E-state index in [-0.39, 0.29) is 0 Å². The van der Waals surface area contributed by atoms with E-state index in [0.717, 1.165) is 34.2 Å². The summed E-state index contributed by atoms with van der Waals surface area (Å²) in [7, 11) is 0. The van der Waals surface area contributed by atoms with Gasteiger partial charge in [0.25, 0.3) is 0 Å². The summed E-state index contributed by atoms with van der Waals surface area (Å²) in [5, 5.41) is 6.96. The van der Waals surface area contributed by atoms with Gasteiger partial charge in [-0.15, -0.1) is 0 Å². The van der Waals surface area contributed by atoms with Crippen molar-refractivity contribution in [3.8, 4) is 0 Å². The molecule has 0 saturated carbocycles. The van der Waals surface area contributed by atoms with Crippen LogP contribution < -0.4 is 5.32 Å². The van der Waals surface area contributed by atoms with Gasteiger partial charge in [-0.05, 0) is 23.6 Å². The van der Waals surface area contributed by atoms with Crippen molar-refractivity contribution in [2.24, 2.45) is 0 Å². The van der Waals surface area contributed by atoms with Crippen molar-refractivity contribution >= 4 is 27.4 Å². The van der Waals surface area contributed by atoms with Crippen LogP contribution in [0.25, 0.3) is 21.7 Å². The van der Waals surface area contributed by atoms with Gasteiger partial charge in [0.2, 0.25) is 0 Å². The molecule has 3 heteroatoms. The van der Waals surface area contributed by atoms with E-state index in [2.05, 4.69) is 34.6 Å². The zero-order chi connectivity index (χ0) is 14.1. The summed E-state index contributed by atoms with van der Waals surface area (Å²) in [5.41, 5.74) is 3.17. The summed E-state index contributed by atoms with van der Waals surface area (Å²) in [6.07, 6.45) is 5.53. The van der Waals surface area contributed by atoms with Gasteiger partial charge in [0.15, 0.2) is 0 Å². The molecule has 0 saturated heterocycles. The first-order chi connectivity index (χ1) is 10.4. The lowest BCUT2D eigenvalue weighted by atomic mass is 10.1. The molecule has 0 bridgehead atoms. The van der Waals surface area contributed by atoms with Crippen LogP contribution in [0.4, 0.5) is 5.69 Å². The third kappa shape index (κ3) is 2.13. The van der Waals surface area contributed by atoms with Crippen LogP contribution in [0.5, 0.6) is 0 Å². The Balaban J connectivity index is 1.67. The molecule has 0 unspecified atom stereocenters. The third-order valence-electron chi connectivity index (χ3n) is 3.71. The summed E-state index contributed by atoms with van der Waals surface area (Å²) >= 11 is 0. The molecule has 0 fully saturated rings. The van der Waals surface area contributed by atoms with Gasteiger partial charge in [0.1, 0.15) is 5.58 Å². The van der Waals surface area contributed by atoms with Crippen molar-refractivity contribution in [1.82, 2.24) is 4.98 Å². The number of pyridine rings is 1. The SMILES string of the molecule is c1cc(NCc2coc3ccccc23)c2cnccc2c1. The molecule has 1 N–H and O–H groups in total. The van der Waals surface area contributed by atoms with Crippen LogP contribution in [0.1, 0.15) is 5.56 Å². The Labute approximate surface area is 122 Å². The second kappa shape index (κ2) is 4.94. The number of benzene rings is 2. The average molecular weight is 274 g/mol. The van der Waals surface area contributed by atoms with Crippen LogP contribution in [0.3, 0.4) is 0 Å². The number of para-hydroxylation sites is 1. The highest BCUT2D eigenvalue weighted by molar-refractivity contribution is 5.93. The normalized spacial score (nSPS) is 11.0. The second-order valence-electron chi connectivity index (χ2n) is 5.01. The zero-order valence-corrected chi connectivity index (χ0v) is 11.4. The summed E-state index contributed by atoms with van der Waals surface area (Å²) in [4.78, 5) is 4.21. The quantitative estimate of drug-likeness (QED) is 0.593. The number of nitrogens with zero attached hydrogens (tertiary/aromatic N) is 1. The molecule has 0 radical (unpaired) electrons. The van der Waals surface area contributed by atoms with Crippen LogP contribution in [0.15, 0.2) is 71.6 Å². The van der Waals surface area contributed by atoms with Gasteiger partial charge in [-0.3, -0.25) is 4.98 Å². The molecule has 2 aromatic carbocycles. The van der Waals surface area contributed by atoms with Crippen molar-refractivity contribution in [3.63, 3.8) is 0 Å². The largest absolute Gasteiger partial charge is 0.464 e. The molecule has 3 nitrogen and oxygen atoms in total. The maximum atomic E-state index is 5.57. The van der Waals surface area contributed by atoms with Gasteiger partial charge in [-0.25, -0.2) is 0 Å². The monoisotopic (exact) mass is 274 g/mol. The molecule has 4 rings (SSSR count). The predicted octanol–water partition coefficient (Wildman–Crippen LogP) is 4.59. The molecule has 0 amide bonds. The number of fused-ring (bicyclic) bond motifs is 2. The maximum absolute atomic E-state index is 5.57. The average Bonchev–Trinajstić information content (AvgIpc) is 2.96. The Bertz CT molecular complexity index is 906. The maximum Gasteiger partial charge on any atom is 0.134 e. The number of anilines is 1. The first kappa shape index (κ1) is 12.0. The van der Waals surface area contributed by atoms with E-state index >= 15 is 0 Å². The molecule has 2 heterocycles. The molecule has 0 aliphatic rings. The molecule has 0 spiro atoms. The molecule has 102 valence electrons. The van der Waals surface area contributed by atoms with Gasteiger partial charge in [0.05, 0.1) is 6.26 Å². The van der Waals surface area contributed by atoms with E-state index in [9.17, 15) is 0 Å². The molecule has 0 aliphatic heterocycles. The Morgan fingerprint density at radius 1 is 0.952 bits per heavy atom. The van der Waals surface area contributed by atoms with Crippen molar-refractivity contribution in [2.45, 2.75) is 6.54 Å². The standard InChI is InChI=1S/C18H14N2O/c1-2-7-18-15(5-1)14(12-21-18)10-20-17-6-3-4-13-8-9-19-11-16(13)17/h1-9,11-12,20H,10H2. The number of furan rings is 1. The Morgan fingerprint density at radius 3 is 2.90 bits per heavy atom. The molecule has 0 atom stereocenters. The molecule has 2 aromatic heterocycles. The highest BCUT2D eigenvalue weighted by atomic mass is 16.3. The Hall–Kier alpha value is -2.81. The fourth-order valence-electron chi connectivity index (χ4n) is 2.63. The fourth-order valence-corrected chi connectivity index (χ4v) is 2.63. The third-order valence-corrected chi connectivity index (χ3v) is 3.71. The minimum atomic E-state index is 0.727.